The molecule has 1 atom stereocenters. The zero-order chi connectivity index (χ0) is 14.8. The molecular formula is C17H16ClFN2. The lowest BCUT2D eigenvalue weighted by atomic mass is 10.1. The quantitative estimate of drug-likeness (QED) is 0.638. The Morgan fingerprint density at radius 3 is 2.62 bits per heavy atom. The molecule has 0 aliphatic heterocycles. The SMILES string of the molecule is CC(Cl)c1nc2ccccc2n1CCc1ccccc1F. The molecule has 0 saturated carbocycles. The van der Waals surface area contributed by atoms with Gasteiger partial charge in [-0.1, -0.05) is 30.3 Å². The molecule has 0 fully saturated rings. The highest BCUT2D eigenvalue weighted by Crippen LogP contribution is 2.25. The van der Waals surface area contributed by atoms with Gasteiger partial charge in [0.1, 0.15) is 11.6 Å². The van der Waals surface area contributed by atoms with Crippen molar-refractivity contribution in [3.8, 4) is 0 Å². The number of para-hydroxylation sites is 2. The van der Waals surface area contributed by atoms with Gasteiger partial charge in [-0.15, -0.1) is 11.6 Å². The van der Waals surface area contributed by atoms with Crippen LogP contribution in [-0.2, 0) is 13.0 Å². The number of alkyl halides is 1. The van der Waals surface area contributed by atoms with Crippen LogP contribution in [0.4, 0.5) is 4.39 Å². The first-order chi connectivity index (χ1) is 10.2. The minimum atomic E-state index is -0.182. The van der Waals surface area contributed by atoms with Gasteiger partial charge in [0.15, 0.2) is 0 Å². The van der Waals surface area contributed by atoms with E-state index in [1.165, 1.54) is 6.07 Å². The number of fused-ring (bicyclic) bond motifs is 1. The maximum atomic E-state index is 13.7. The molecule has 1 heterocycles. The van der Waals surface area contributed by atoms with Crippen molar-refractivity contribution in [1.29, 1.82) is 0 Å². The standard InChI is InChI=1S/C17H16ClFN2/c1-12(18)17-20-15-8-4-5-9-16(15)21(17)11-10-13-6-2-3-7-14(13)19/h2-9,12H,10-11H2,1H3. The van der Waals surface area contributed by atoms with Gasteiger partial charge in [0, 0.05) is 6.54 Å². The van der Waals surface area contributed by atoms with Crippen LogP contribution in [0.1, 0.15) is 23.7 Å². The van der Waals surface area contributed by atoms with Gasteiger partial charge in [-0.3, -0.25) is 0 Å². The lowest BCUT2D eigenvalue weighted by Gasteiger charge is -2.11. The van der Waals surface area contributed by atoms with E-state index in [9.17, 15) is 4.39 Å². The molecule has 0 amide bonds. The largest absolute Gasteiger partial charge is 0.326 e. The minimum absolute atomic E-state index is 0.164. The topological polar surface area (TPSA) is 17.8 Å². The van der Waals surface area contributed by atoms with Crippen LogP contribution >= 0.6 is 11.6 Å². The van der Waals surface area contributed by atoms with E-state index >= 15 is 0 Å². The van der Waals surface area contributed by atoms with E-state index in [0.29, 0.717) is 18.5 Å². The summed E-state index contributed by atoms with van der Waals surface area (Å²) >= 11 is 6.24. The molecular weight excluding hydrogens is 287 g/mol. The van der Waals surface area contributed by atoms with Gasteiger partial charge in [0.2, 0.25) is 0 Å². The molecule has 0 bridgehead atoms. The van der Waals surface area contributed by atoms with Crippen molar-refractivity contribution >= 4 is 22.6 Å². The Kier molecular flexibility index (Phi) is 3.93. The Hall–Kier alpha value is -1.87. The van der Waals surface area contributed by atoms with Gasteiger partial charge in [-0.05, 0) is 37.1 Å². The van der Waals surface area contributed by atoms with Crippen molar-refractivity contribution in [1.82, 2.24) is 9.55 Å². The Labute approximate surface area is 128 Å². The summed E-state index contributed by atoms with van der Waals surface area (Å²) in [7, 11) is 0. The molecule has 1 aromatic heterocycles. The zero-order valence-electron chi connectivity index (χ0n) is 11.8. The Bertz CT molecular complexity index is 764. The second kappa shape index (κ2) is 5.86. The molecule has 1 unspecified atom stereocenters. The zero-order valence-corrected chi connectivity index (χ0v) is 12.5. The fourth-order valence-corrected chi connectivity index (χ4v) is 2.73. The van der Waals surface area contributed by atoms with Crippen molar-refractivity contribution in [2.45, 2.75) is 25.3 Å². The van der Waals surface area contributed by atoms with Gasteiger partial charge in [-0.2, -0.15) is 0 Å². The molecule has 108 valence electrons. The van der Waals surface area contributed by atoms with Crippen molar-refractivity contribution in [3.63, 3.8) is 0 Å². The molecule has 0 spiro atoms. The third kappa shape index (κ3) is 2.79. The third-order valence-electron chi connectivity index (χ3n) is 3.60. The summed E-state index contributed by atoms with van der Waals surface area (Å²) < 4.78 is 15.8. The fourth-order valence-electron chi connectivity index (χ4n) is 2.57. The molecule has 21 heavy (non-hydrogen) atoms. The molecule has 0 saturated heterocycles. The predicted octanol–water partition coefficient (Wildman–Crippen LogP) is 4.72. The van der Waals surface area contributed by atoms with E-state index in [-0.39, 0.29) is 11.2 Å². The molecule has 0 radical (unpaired) electrons. The highest BCUT2D eigenvalue weighted by molar-refractivity contribution is 6.20. The Morgan fingerprint density at radius 2 is 1.86 bits per heavy atom. The maximum absolute atomic E-state index is 13.7. The fraction of sp³-hybridized carbons (Fsp3) is 0.235. The number of benzene rings is 2. The summed E-state index contributed by atoms with van der Waals surface area (Å²) in [6.45, 7) is 2.57. The molecule has 2 aromatic carbocycles. The van der Waals surface area contributed by atoms with Gasteiger partial charge in [0.05, 0.1) is 16.4 Å². The summed E-state index contributed by atoms with van der Waals surface area (Å²) in [6, 6.07) is 14.8. The predicted molar refractivity (Wildman–Crippen MR) is 84.1 cm³/mol. The lowest BCUT2D eigenvalue weighted by Crippen LogP contribution is -2.07. The van der Waals surface area contributed by atoms with Crippen molar-refractivity contribution in [2.24, 2.45) is 0 Å². The number of rotatable bonds is 4. The van der Waals surface area contributed by atoms with Crippen LogP contribution in [0.15, 0.2) is 48.5 Å². The Morgan fingerprint density at radius 1 is 1.14 bits per heavy atom. The van der Waals surface area contributed by atoms with Gasteiger partial charge in [-0.25, -0.2) is 9.37 Å². The van der Waals surface area contributed by atoms with E-state index in [1.54, 1.807) is 6.07 Å². The van der Waals surface area contributed by atoms with E-state index in [1.807, 2.05) is 43.3 Å². The molecule has 0 aliphatic rings. The van der Waals surface area contributed by atoms with E-state index < -0.39 is 0 Å². The van der Waals surface area contributed by atoms with Gasteiger partial charge < -0.3 is 4.57 Å². The molecule has 3 aromatic rings. The summed E-state index contributed by atoms with van der Waals surface area (Å²) in [6.07, 6.45) is 0.615. The molecule has 3 rings (SSSR count). The number of imidazole rings is 1. The maximum Gasteiger partial charge on any atom is 0.127 e. The van der Waals surface area contributed by atoms with Crippen LogP contribution in [-0.4, -0.2) is 9.55 Å². The highest BCUT2D eigenvalue weighted by atomic mass is 35.5. The number of halogens is 2. The van der Waals surface area contributed by atoms with Crippen molar-refractivity contribution < 1.29 is 4.39 Å². The molecule has 0 N–H and O–H groups in total. The second-order valence-corrected chi connectivity index (χ2v) is 5.72. The van der Waals surface area contributed by atoms with Crippen LogP contribution in [0.3, 0.4) is 0 Å². The average molecular weight is 303 g/mol. The first kappa shape index (κ1) is 14.1. The first-order valence-corrected chi connectivity index (χ1v) is 7.43. The third-order valence-corrected chi connectivity index (χ3v) is 3.80. The van der Waals surface area contributed by atoms with Crippen LogP contribution in [0.5, 0.6) is 0 Å². The van der Waals surface area contributed by atoms with Gasteiger partial charge in [0.25, 0.3) is 0 Å². The number of hydrogen-bond acceptors (Lipinski definition) is 1. The number of hydrogen-bond donors (Lipinski definition) is 0. The summed E-state index contributed by atoms with van der Waals surface area (Å²) in [4.78, 5) is 4.58. The van der Waals surface area contributed by atoms with Gasteiger partial charge >= 0.3 is 0 Å². The first-order valence-electron chi connectivity index (χ1n) is 6.99. The number of aryl methyl sites for hydroxylation is 2. The summed E-state index contributed by atoms with van der Waals surface area (Å²) in [5.74, 6) is 0.664. The van der Waals surface area contributed by atoms with Crippen molar-refractivity contribution in [2.75, 3.05) is 0 Å². The smallest absolute Gasteiger partial charge is 0.127 e. The second-order valence-electron chi connectivity index (χ2n) is 5.07. The number of aromatic nitrogens is 2. The van der Waals surface area contributed by atoms with Crippen LogP contribution in [0.25, 0.3) is 11.0 Å². The van der Waals surface area contributed by atoms with Crippen LogP contribution < -0.4 is 0 Å². The number of nitrogens with zero attached hydrogens (tertiary/aromatic N) is 2. The van der Waals surface area contributed by atoms with E-state index in [4.69, 9.17) is 11.6 Å². The Balaban J connectivity index is 1.96. The van der Waals surface area contributed by atoms with E-state index in [2.05, 4.69) is 9.55 Å². The lowest BCUT2D eigenvalue weighted by molar-refractivity contribution is 0.590. The summed E-state index contributed by atoms with van der Waals surface area (Å²) in [5.41, 5.74) is 2.67. The summed E-state index contributed by atoms with van der Waals surface area (Å²) in [5, 5.41) is -0.182. The molecule has 4 heteroatoms. The normalized spacial score (nSPS) is 12.7. The molecule has 0 aliphatic carbocycles. The minimum Gasteiger partial charge on any atom is -0.326 e. The monoisotopic (exact) mass is 302 g/mol. The van der Waals surface area contributed by atoms with Crippen LogP contribution in [0.2, 0.25) is 0 Å². The van der Waals surface area contributed by atoms with Crippen LogP contribution in [0, 0.1) is 5.82 Å². The van der Waals surface area contributed by atoms with Crippen molar-refractivity contribution in [3.05, 3.63) is 65.7 Å². The average Bonchev–Trinajstić information content (AvgIpc) is 2.85. The molecule has 2 nitrogen and oxygen atoms in total. The van der Waals surface area contributed by atoms with E-state index in [0.717, 1.165) is 16.9 Å². The highest BCUT2D eigenvalue weighted by Gasteiger charge is 2.14.